The van der Waals surface area contributed by atoms with Gasteiger partial charge in [0.1, 0.15) is 4.90 Å². The Morgan fingerprint density at radius 2 is 1.91 bits per heavy atom. The Hall–Kier alpha value is -1.43. The lowest BCUT2D eigenvalue weighted by Crippen LogP contribution is -2.35. The second-order valence-corrected chi connectivity index (χ2v) is 7.84. The van der Waals surface area contributed by atoms with Crippen molar-refractivity contribution in [2.75, 3.05) is 4.31 Å². The van der Waals surface area contributed by atoms with E-state index < -0.39 is 15.8 Å². The van der Waals surface area contributed by atoms with Crippen molar-refractivity contribution in [3.05, 3.63) is 52.0 Å². The van der Waals surface area contributed by atoms with E-state index in [1.165, 1.54) is 16.4 Å². The fraction of sp³-hybridized carbons (Fsp3) is 0.200. The molecule has 0 radical (unpaired) electrons. The van der Waals surface area contributed by atoms with Gasteiger partial charge in [-0.05, 0) is 37.1 Å². The average molecular weight is 358 g/mol. The number of hydrogen-bond acceptors (Lipinski definition) is 3. The SMILES string of the molecule is CC1Cc2ccccc2N1S(=O)(=O)c1cc(Cl)cc(Cl)c1O. The largest absolute Gasteiger partial charge is 0.505 e. The second-order valence-electron chi connectivity index (χ2n) is 5.22. The highest BCUT2D eigenvalue weighted by atomic mass is 35.5. The number of fused-ring (bicyclic) bond motifs is 1. The third-order valence-corrected chi connectivity index (χ3v) is 6.12. The Bertz CT molecular complexity index is 852. The van der Waals surface area contributed by atoms with Crippen molar-refractivity contribution in [1.29, 1.82) is 0 Å². The molecule has 4 nitrogen and oxygen atoms in total. The third-order valence-electron chi connectivity index (χ3n) is 3.67. The molecule has 0 fully saturated rings. The molecule has 1 aliphatic heterocycles. The van der Waals surface area contributed by atoms with Crippen molar-refractivity contribution in [3.8, 4) is 5.75 Å². The first-order valence-corrected chi connectivity index (χ1v) is 8.82. The molecule has 1 atom stereocenters. The third kappa shape index (κ3) is 2.33. The molecule has 0 aromatic heterocycles. The van der Waals surface area contributed by atoms with Gasteiger partial charge >= 0.3 is 0 Å². The first-order valence-electron chi connectivity index (χ1n) is 6.62. The number of hydrogen-bond donors (Lipinski definition) is 1. The van der Waals surface area contributed by atoms with Crippen molar-refractivity contribution in [1.82, 2.24) is 0 Å². The van der Waals surface area contributed by atoms with Crippen LogP contribution in [0.15, 0.2) is 41.3 Å². The molecule has 0 spiro atoms. The van der Waals surface area contributed by atoms with E-state index in [2.05, 4.69) is 0 Å². The van der Waals surface area contributed by atoms with E-state index in [4.69, 9.17) is 23.2 Å². The number of nitrogens with zero attached hydrogens (tertiary/aromatic N) is 1. The number of phenolic OH excluding ortho intramolecular Hbond substituents is 1. The highest BCUT2D eigenvalue weighted by molar-refractivity contribution is 7.93. The first-order chi connectivity index (χ1) is 10.3. The Morgan fingerprint density at radius 1 is 1.23 bits per heavy atom. The van der Waals surface area contributed by atoms with Crippen LogP contribution in [0.1, 0.15) is 12.5 Å². The highest BCUT2D eigenvalue weighted by Crippen LogP contribution is 2.41. The summed E-state index contributed by atoms with van der Waals surface area (Å²) in [7, 11) is -3.96. The minimum absolute atomic E-state index is 0.0915. The van der Waals surface area contributed by atoms with Gasteiger partial charge in [-0.15, -0.1) is 0 Å². The van der Waals surface area contributed by atoms with Gasteiger partial charge in [-0.2, -0.15) is 0 Å². The molecule has 7 heteroatoms. The number of phenols is 1. The van der Waals surface area contributed by atoms with Crippen LogP contribution in [0.2, 0.25) is 10.0 Å². The zero-order chi connectivity index (χ0) is 16.1. The fourth-order valence-electron chi connectivity index (χ4n) is 2.75. The van der Waals surface area contributed by atoms with Gasteiger partial charge in [0.15, 0.2) is 5.75 Å². The average Bonchev–Trinajstić information content (AvgIpc) is 2.79. The number of aromatic hydroxyl groups is 1. The molecule has 1 heterocycles. The molecule has 2 aromatic carbocycles. The molecule has 0 bridgehead atoms. The molecule has 22 heavy (non-hydrogen) atoms. The summed E-state index contributed by atoms with van der Waals surface area (Å²) < 4.78 is 27.3. The number of sulfonamides is 1. The van der Waals surface area contributed by atoms with Gasteiger partial charge < -0.3 is 5.11 Å². The van der Waals surface area contributed by atoms with Gasteiger partial charge in [0.2, 0.25) is 0 Å². The molecule has 1 aliphatic rings. The Balaban J connectivity index is 2.20. The first kappa shape index (κ1) is 15.5. The van der Waals surface area contributed by atoms with E-state index in [-0.39, 0.29) is 21.0 Å². The maximum Gasteiger partial charge on any atom is 0.268 e. The summed E-state index contributed by atoms with van der Waals surface area (Å²) in [4.78, 5) is -0.284. The van der Waals surface area contributed by atoms with Crippen molar-refractivity contribution in [2.24, 2.45) is 0 Å². The minimum Gasteiger partial charge on any atom is -0.505 e. The van der Waals surface area contributed by atoms with E-state index in [1.807, 2.05) is 19.1 Å². The van der Waals surface area contributed by atoms with Gasteiger partial charge in [-0.1, -0.05) is 41.4 Å². The van der Waals surface area contributed by atoms with Crippen LogP contribution in [0.4, 0.5) is 5.69 Å². The zero-order valence-electron chi connectivity index (χ0n) is 11.6. The van der Waals surface area contributed by atoms with Crippen molar-refractivity contribution in [3.63, 3.8) is 0 Å². The van der Waals surface area contributed by atoms with Crippen molar-refractivity contribution >= 4 is 38.9 Å². The molecular formula is C15H13Cl2NO3S. The van der Waals surface area contributed by atoms with Gasteiger partial charge in [-0.25, -0.2) is 8.42 Å². The predicted octanol–water partition coefficient (Wildman–Crippen LogP) is 3.84. The molecule has 1 unspecified atom stereocenters. The number of halogens is 2. The maximum absolute atomic E-state index is 13.0. The van der Waals surface area contributed by atoms with Crippen LogP contribution in [-0.4, -0.2) is 19.6 Å². The van der Waals surface area contributed by atoms with Crippen LogP contribution in [0.25, 0.3) is 0 Å². The van der Waals surface area contributed by atoms with Gasteiger partial charge in [-0.3, -0.25) is 4.31 Å². The molecule has 0 saturated carbocycles. The lowest BCUT2D eigenvalue weighted by atomic mass is 10.1. The summed E-state index contributed by atoms with van der Waals surface area (Å²) in [6.45, 7) is 1.82. The lowest BCUT2D eigenvalue weighted by Gasteiger charge is -2.25. The lowest BCUT2D eigenvalue weighted by molar-refractivity contribution is 0.458. The van der Waals surface area contributed by atoms with Crippen molar-refractivity contribution < 1.29 is 13.5 Å². The Labute approximate surface area is 138 Å². The van der Waals surface area contributed by atoms with Crippen LogP contribution >= 0.6 is 23.2 Å². The summed E-state index contributed by atoms with van der Waals surface area (Å²) >= 11 is 11.7. The number of para-hydroxylation sites is 1. The summed E-state index contributed by atoms with van der Waals surface area (Å²) in [5.74, 6) is -0.484. The Kier molecular flexibility index (Phi) is 3.75. The molecule has 0 amide bonds. The van der Waals surface area contributed by atoms with Crippen LogP contribution < -0.4 is 4.31 Å². The normalized spacial score (nSPS) is 17.6. The summed E-state index contributed by atoms with van der Waals surface area (Å²) in [5, 5.41) is 10.1. The van der Waals surface area contributed by atoms with Crippen molar-refractivity contribution in [2.45, 2.75) is 24.3 Å². The van der Waals surface area contributed by atoms with E-state index in [0.29, 0.717) is 12.1 Å². The topological polar surface area (TPSA) is 57.6 Å². The van der Waals surface area contributed by atoms with E-state index in [0.717, 1.165) is 5.56 Å². The minimum atomic E-state index is -3.96. The molecule has 0 aliphatic carbocycles. The van der Waals surface area contributed by atoms with Crippen LogP contribution in [0, 0.1) is 0 Å². The van der Waals surface area contributed by atoms with Gasteiger partial charge in [0.05, 0.1) is 10.7 Å². The summed E-state index contributed by atoms with van der Waals surface area (Å²) in [5.41, 5.74) is 1.57. The molecule has 0 saturated heterocycles. The second kappa shape index (κ2) is 5.33. The number of rotatable bonds is 2. The standard InChI is InChI=1S/C15H13Cl2NO3S/c1-9-6-10-4-2-3-5-13(10)18(9)22(20,21)14-8-11(16)7-12(17)15(14)19/h2-5,7-9,19H,6H2,1H3. The zero-order valence-corrected chi connectivity index (χ0v) is 14.0. The quantitative estimate of drug-likeness (QED) is 0.888. The van der Waals surface area contributed by atoms with Gasteiger partial charge in [0.25, 0.3) is 10.0 Å². The molecular weight excluding hydrogens is 345 g/mol. The van der Waals surface area contributed by atoms with E-state index in [9.17, 15) is 13.5 Å². The summed E-state index contributed by atoms with van der Waals surface area (Å²) in [6.07, 6.45) is 0.616. The summed E-state index contributed by atoms with van der Waals surface area (Å²) in [6, 6.07) is 9.56. The maximum atomic E-state index is 13.0. The van der Waals surface area contributed by atoms with E-state index in [1.54, 1.807) is 12.1 Å². The molecule has 1 N–H and O–H groups in total. The fourth-order valence-corrected chi connectivity index (χ4v) is 5.19. The molecule has 2 aromatic rings. The Morgan fingerprint density at radius 3 is 2.64 bits per heavy atom. The van der Waals surface area contributed by atoms with E-state index >= 15 is 0 Å². The smallest absolute Gasteiger partial charge is 0.268 e. The number of anilines is 1. The van der Waals surface area contributed by atoms with Crippen LogP contribution in [-0.2, 0) is 16.4 Å². The molecule has 116 valence electrons. The highest BCUT2D eigenvalue weighted by Gasteiger charge is 2.37. The van der Waals surface area contributed by atoms with Crippen LogP contribution in [0.5, 0.6) is 5.75 Å². The number of benzene rings is 2. The molecule has 3 rings (SSSR count). The van der Waals surface area contributed by atoms with Crippen LogP contribution in [0.3, 0.4) is 0 Å². The van der Waals surface area contributed by atoms with Gasteiger partial charge in [0, 0.05) is 11.1 Å². The predicted molar refractivity (Wildman–Crippen MR) is 87.4 cm³/mol. The monoisotopic (exact) mass is 357 g/mol.